The molecule has 0 atom stereocenters. The summed E-state index contributed by atoms with van der Waals surface area (Å²) in [7, 11) is 0. The number of hydrogen-bond acceptors (Lipinski definition) is 2. The molecule has 0 fully saturated rings. The Labute approximate surface area is 55.2 Å². The van der Waals surface area contributed by atoms with E-state index in [-0.39, 0.29) is 0 Å². The van der Waals surface area contributed by atoms with Crippen LogP contribution in [0.1, 0.15) is 6.92 Å². The van der Waals surface area contributed by atoms with E-state index in [1.54, 1.807) is 6.21 Å². The highest BCUT2D eigenvalue weighted by atomic mass is 15.2. The van der Waals surface area contributed by atoms with Crippen LogP contribution in [0, 0.1) is 0 Å². The van der Waals surface area contributed by atoms with E-state index in [4.69, 9.17) is 0 Å². The molecule has 0 bridgehead atoms. The van der Waals surface area contributed by atoms with Crippen molar-refractivity contribution in [2.45, 2.75) is 6.92 Å². The average molecular weight is 122 g/mol. The zero-order valence-electron chi connectivity index (χ0n) is 5.54. The van der Waals surface area contributed by atoms with E-state index in [2.05, 4.69) is 18.5 Å². The molecule has 0 radical (unpaired) electrons. The first-order valence-corrected chi connectivity index (χ1v) is 3.01. The van der Waals surface area contributed by atoms with Crippen molar-refractivity contribution in [3.8, 4) is 0 Å². The Kier molecular flexibility index (Phi) is 1.68. The van der Waals surface area contributed by atoms with Gasteiger partial charge in [-0.25, -0.2) is 4.99 Å². The van der Waals surface area contributed by atoms with E-state index in [0.717, 1.165) is 12.4 Å². The standard InChI is InChI=1S/C7H10N2/c1-3-9-6-4-5-8-7(9)2/h4-6H,2-3H2,1H3. The minimum Gasteiger partial charge on any atom is -0.334 e. The molecule has 1 rings (SSSR count). The second-order valence-electron chi connectivity index (χ2n) is 1.82. The molecule has 0 N–H and O–H groups in total. The Morgan fingerprint density at radius 1 is 1.78 bits per heavy atom. The molecular formula is C7H10N2. The second kappa shape index (κ2) is 2.49. The van der Waals surface area contributed by atoms with Crippen molar-refractivity contribution in [1.82, 2.24) is 4.90 Å². The molecule has 2 heteroatoms. The van der Waals surface area contributed by atoms with Crippen LogP contribution in [0.15, 0.2) is 29.7 Å². The summed E-state index contributed by atoms with van der Waals surface area (Å²) >= 11 is 0. The summed E-state index contributed by atoms with van der Waals surface area (Å²) < 4.78 is 0. The van der Waals surface area contributed by atoms with Gasteiger partial charge in [0.2, 0.25) is 0 Å². The molecule has 0 saturated carbocycles. The fourth-order valence-corrected chi connectivity index (χ4v) is 0.720. The minimum absolute atomic E-state index is 0.819. The molecule has 48 valence electrons. The van der Waals surface area contributed by atoms with E-state index >= 15 is 0 Å². The van der Waals surface area contributed by atoms with E-state index < -0.39 is 0 Å². The summed E-state index contributed by atoms with van der Waals surface area (Å²) in [4.78, 5) is 5.99. The van der Waals surface area contributed by atoms with Crippen molar-refractivity contribution in [2.75, 3.05) is 6.54 Å². The van der Waals surface area contributed by atoms with Gasteiger partial charge in [-0.05, 0) is 13.0 Å². The minimum atomic E-state index is 0.819. The van der Waals surface area contributed by atoms with Crippen molar-refractivity contribution in [3.05, 3.63) is 24.7 Å². The van der Waals surface area contributed by atoms with Crippen molar-refractivity contribution >= 4 is 6.21 Å². The molecule has 0 aromatic rings. The van der Waals surface area contributed by atoms with Crippen molar-refractivity contribution in [3.63, 3.8) is 0 Å². The van der Waals surface area contributed by atoms with Crippen LogP contribution in [0.3, 0.4) is 0 Å². The second-order valence-corrected chi connectivity index (χ2v) is 1.82. The summed E-state index contributed by atoms with van der Waals surface area (Å²) in [6.45, 7) is 6.75. The van der Waals surface area contributed by atoms with Gasteiger partial charge in [0.25, 0.3) is 0 Å². The molecule has 0 saturated heterocycles. The molecule has 0 aromatic carbocycles. The molecule has 1 aliphatic rings. The highest BCUT2D eigenvalue weighted by molar-refractivity contribution is 5.73. The van der Waals surface area contributed by atoms with E-state index in [1.807, 2.05) is 17.2 Å². The molecule has 0 unspecified atom stereocenters. The highest BCUT2D eigenvalue weighted by Crippen LogP contribution is 2.05. The maximum Gasteiger partial charge on any atom is 0.125 e. The molecule has 2 nitrogen and oxygen atoms in total. The third-order valence-electron chi connectivity index (χ3n) is 1.25. The summed E-state index contributed by atoms with van der Waals surface area (Å²) in [5.74, 6) is 0.819. The SMILES string of the molecule is C=C1N=CC=CN1CC. The first-order chi connectivity index (χ1) is 4.34. The van der Waals surface area contributed by atoms with Crippen LogP contribution >= 0.6 is 0 Å². The maximum atomic E-state index is 4.00. The van der Waals surface area contributed by atoms with Gasteiger partial charge in [0.1, 0.15) is 5.82 Å². The van der Waals surface area contributed by atoms with Crippen molar-refractivity contribution in [1.29, 1.82) is 0 Å². The first kappa shape index (κ1) is 6.08. The monoisotopic (exact) mass is 122 g/mol. The number of hydrogen-bond donors (Lipinski definition) is 0. The van der Waals surface area contributed by atoms with Crippen molar-refractivity contribution < 1.29 is 0 Å². The van der Waals surface area contributed by atoms with Gasteiger partial charge in [0.15, 0.2) is 0 Å². The summed E-state index contributed by atoms with van der Waals surface area (Å²) in [6.07, 6.45) is 5.61. The first-order valence-electron chi connectivity index (χ1n) is 3.01. The lowest BCUT2D eigenvalue weighted by Crippen LogP contribution is -2.15. The smallest absolute Gasteiger partial charge is 0.125 e. The van der Waals surface area contributed by atoms with Crippen LogP contribution in [0.5, 0.6) is 0 Å². The van der Waals surface area contributed by atoms with Crippen LogP contribution < -0.4 is 0 Å². The molecule has 0 amide bonds. The Morgan fingerprint density at radius 3 is 3.00 bits per heavy atom. The predicted octanol–water partition coefficient (Wildman–Crippen LogP) is 1.38. The molecule has 9 heavy (non-hydrogen) atoms. The number of nitrogens with zero attached hydrogens (tertiary/aromatic N) is 2. The lowest BCUT2D eigenvalue weighted by molar-refractivity contribution is 0.486. The molecule has 0 spiro atoms. The van der Waals surface area contributed by atoms with Crippen LogP contribution in [-0.2, 0) is 0 Å². The predicted molar refractivity (Wildman–Crippen MR) is 39.2 cm³/mol. The number of aliphatic imine (C=N–C) groups is 1. The largest absolute Gasteiger partial charge is 0.334 e. The van der Waals surface area contributed by atoms with Gasteiger partial charge in [-0.2, -0.15) is 0 Å². The molecule has 1 aliphatic heterocycles. The lowest BCUT2D eigenvalue weighted by Gasteiger charge is -2.18. The van der Waals surface area contributed by atoms with E-state index in [1.165, 1.54) is 0 Å². The third kappa shape index (κ3) is 1.19. The number of rotatable bonds is 1. The van der Waals surface area contributed by atoms with Crippen LogP contribution in [0.2, 0.25) is 0 Å². The fraction of sp³-hybridized carbons (Fsp3) is 0.286. The van der Waals surface area contributed by atoms with E-state index in [9.17, 15) is 0 Å². The van der Waals surface area contributed by atoms with Gasteiger partial charge in [0, 0.05) is 19.0 Å². The van der Waals surface area contributed by atoms with Gasteiger partial charge in [-0.15, -0.1) is 0 Å². The third-order valence-corrected chi connectivity index (χ3v) is 1.25. The Hall–Kier alpha value is -1.05. The quantitative estimate of drug-likeness (QED) is 0.513. The van der Waals surface area contributed by atoms with Crippen LogP contribution in [0.4, 0.5) is 0 Å². The summed E-state index contributed by atoms with van der Waals surface area (Å²) in [5.41, 5.74) is 0. The lowest BCUT2D eigenvalue weighted by atomic mass is 10.5. The number of allylic oxidation sites excluding steroid dienone is 1. The summed E-state index contributed by atoms with van der Waals surface area (Å²) in [6, 6.07) is 0. The van der Waals surface area contributed by atoms with Gasteiger partial charge >= 0.3 is 0 Å². The van der Waals surface area contributed by atoms with E-state index in [0.29, 0.717) is 0 Å². The average Bonchev–Trinajstić information content (AvgIpc) is 1.89. The van der Waals surface area contributed by atoms with Gasteiger partial charge < -0.3 is 4.90 Å². The van der Waals surface area contributed by atoms with Crippen LogP contribution in [0.25, 0.3) is 0 Å². The molecule has 0 aromatic heterocycles. The topological polar surface area (TPSA) is 15.6 Å². The van der Waals surface area contributed by atoms with Gasteiger partial charge in [-0.3, -0.25) is 0 Å². The van der Waals surface area contributed by atoms with Crippen molar-refractivity contribution in [2.24, 2.45) is 4.99 Å². The molecule has 1 heterocycles. The summed E-state index contributed by atoms with van der Waals surface area (Å²) in [5, 5.41) is 0. The van der Waals surface area contributed by atoms with Gasteiger partial charge in [0.05, 0.1) is 0 Å². The van der Waals surface area contributed by atoms with Crippen LogP contribution in [-0.4, -0.2) is 17.7 Å². The zero-order valence-corrected chi connectivity index (χ0v) is 5.54. The highest BCUT2D eigenvalue weighted by Gasteiger charge is 1.99. The molecule has 0 aliphatic carbocycles. The normalized spacial score (nSPS) is 17.0. The maximum absolute atomic E-state index is 4.00. The Bertz CT molecular complexity index is 168. The molecular weight excluding hydrogens is 112 g/mol. The zero-order chi connectivity index (χ0) is 6.69. The van der Waals surface area contributed by atoms with Gasteiger partial charge in [-0.1, -0.05) is 6.58 Å². The fourth-order valence-electron chi connectivity index (χ4n) is 0.720. The Morgan fingerprint density at radius 2 is 2.56 bits per heavy atom. The Balaban J connectivity index is 2.66.